The first-order valence-electron chi connectivity index (χ1n) is 6.24. The molecule has 0 aromatic carbocycles. The molecule has 4 nitrogen and oxygen atoms in total. The fourth-order valence-corrected chi connectivity index (χ4v) is 2.39. The van der Waals surface area contributed by atoms with Crippen LogP contribution in [0.2, 0.25) is 0 Å². The van der Waals surface area contributed by atoms with Gasteiger partial charge in [0.15, 0.2) is 4.77 Å². The first-order chi connectivity index (χ1) is 7.84. The van der Waals surface area contributed by atoms with Crippen LogP contribution in [0, 0.1) is 10.7 Å². The van der Waals surface area contributed by atoms with Crippen LogP contribution in [0.5, 0.6) is 0 Å². The second-order valence-corrected chi connectivity index (χ2v) is 5.77. The number of hydrogen-bond donors (Lipinski definition) is 1. The molecule has 0 aliphatic rings. The first-order valence-corrected chi connectivity index (χ1v) is 6.65. The minimum atomic E-state index is 0.324. The van der Waals surface area contributed by atoms with Crippen LogP contribution in [-0.4, -0.2) is 27.9 Å². The highest BCUT2D eigenvalue weighted by Crippen LogP contribution is 2.20. The Morgan fingerprint density at radius 3 is 2.35 bits per heavy atom. The molecule has 1 heterocycles. The van der Waals surface area contributed by atoms with Crippen molar-refractivity contribution in [3.8, 4) is 0 Å². The van der Waals surface area contributed by atoms with Crippen molar-refractivity contribution < 1.29 is 0 Å². The maximum absolute atomic E-state index is 5.26. The van der Waals surface area contributed by atoms with Crippen LogP contribution in [0.1, 0.15) is 47.1 Å². The fraction of sp³-hybridized carbons (Fsp3) is 0.833. The average molecular weight is 256 g/mol. The Bertz CT molecular complexity index is 405. The summed E-state index contributed by atoms with van der Waals surface area (Å²) in [5.41, 5.74) is 0. The van der Waals surface area contributed by atoms with Crippen molar-refractivity contribution in [3.05, 3.63) is 4.77 Å². The van der Waals surface area contributed by atoms with E-state index in [1.54, 1.807) is 0 Å². The molecule has 0 amide bonds. The van der Waals surface area contributed by atoms with Gasteiger partial charge in [-0.3, -0.25) is 4.57 Å². The van der Waals surface area contributed by atoms with Crippen LogP contribution in [0.25, 0.3) is 0 Å². The summed E-state index contributed by atoms with van der Waals surface area (Å²) in [6.07, 6.45) is 1.15. The van der Waals surface area contributed by atoms with Crippen LogP contribution in [0.3, 0.4) is 0 Å². The number of nitrogens with zero attached hydrogens (tertiary/aromatic N) is 3. The topological polar surface area (TPSA) is 36.9 Å². The van der Waals surface area contributed by atoms with Crippen molar-refractivity contribution >= 4 is 18.2 Å². The molecule has 0 fully saturated rings. The Kier molecular flexibility index (Phi) is 4.74. The SMILES string of the molecule is CC(C)CC(C)N(C)c1n[nH]c(=S)n1C(C)C. The standard InChI is InChI=1S/C12H24N4S/c1-8(2)7-10(5)15(6)11-13-14-12(17)16(11)9(3)4/h8-10H,7H2,1-6H3,(H,14,17). The number of anilines is 1. The molecule has 0 radical (unpaired) electrons. The molecule has 1 aromatic heterocycles. The number of nitrogens with one attached hydrogen (secondary N) is 1. The molecule has 0 saturated heterocycles. The minimum Gasteiger partial charge on any atom is -0.341 e. The van der Waals surface area contributed by atoms with Gasteiger partial charge in [0.1, 0.15) is 0 Å². The number of H-pyrrole nitrogens is 1. The maximum atomic E-state index is 5.26. The summed E-state index contributed by atoms with van der Waals surface area (Å²) in [5, 5.41) is 7.22. The summed E-state index contributed by atoms with van der Waals surface area (Å²) in [6, 6.07) is 0.780. The molecule has 1 aromatic rings. The average Bonchev–Trinajstić information content (AvgIpc) is 2.57. The van der Waals surface area contributed by atoms with E-state index in [-0.39, 0.29) is 0 Å². The zero-order valence-corrected chi connectivity index (χ0v) is 12.5. The summed E-state index contributed by atoms with van der Waals surface area (Å²) in [7, 11) is 2.08. The van der Waals surface area contributed by atoms with Gasteiger partial charge < -0.3 is 4.90 Å². The molecule has 1 unspecified atom stereocenters. The first kappa shape index (κ1) is 14.2. The van der Waals surface area contributed by atoms with Crippen molar-refractivity contribution in [3.63, 3.8) is 0 Å². The molecule has 5 heteroatoms. The summed E-state index contributed by atoms with van der Waals surface area (Å²) in [6.45, 7) is 10.9. The maximum Gasteiger partial charge on any atom is 0.225 e. The zero-order chi connectivity index (χ0) is 13.2. The van der Waals surface area contributed by atoms with E-state index >= 15 is 0 Å². The molecule has 0 bridgehead atoms. The molecule has 0 spiro atoms. The minimum absolute atomic E-state index is 0.324. The van der Waals surface area contributed by atoms with Crippen molar-refractivity contribution in [2.75, 3.05) is 11.9 Å². The van der Waals surface area contributed by atoms with E-state index in [0.717, 1.165) is 12.4 Å². The Balaban J connectivity index is 2.96. The number of aromatic nitrogens is 3. The third-order valence-electron chi connectivity index (χ3n) is 2.99. The van der Waals surface area contributed by atoms with Crippen LogP contribution in [0.15, 0.2) is 0 Å². The second-order valence-electron chi connectivity index (χ2n) is 5.38. The van der Waals surface area contributed by atoms with Crippen molar-refractivity contribution in [1.82, 2.24) is 14.8 Å². The van der Waals surface area contributed by atoms with Gasteiger partial charge in [-0.05, 0) is 45.3 Å². The van der Waals surface area contributed by atoms with Crippen LogP contribution < -0.4 is 4.90 Å². The molecular formula is C12H24N4S. The van der Waals surface area contributed by atoms with Crippen LogP contribution in [-0.2, 0) is 0 Å². The Morgan fingerprint density at radius 1 is 1.29 bits per heavy atom. The molecule has 1 rings (SSSR count). The van der Waals surface area contributed by atoms with Gasteiger partial charge in [0.2, 0.25) is 5.95 Å². The highest BCUT2D eigenvalue weighted by molar-refractivity contribution is 7.71. The second kappa shape index (κ2) is 5.67. The molecule has 0 saturated carbocycles. The monoisotopic (exact) mass is 256 g/mol. The lowest BCUT2D eigenvalue weighted by Gasteiger charge is -2.28. The largest absolute Gasteiger partial charge is 0.341 e. The highest BCUT2D eigenvalue weighted by atomic mass is 32.1. The molecule has 1 N–H and O–H groups in total. The third kappa shape index (κ3) is 3.31. The van der Waals surface area contributed by atoms with Gasteiger partial charge in [-0.15, -0.1) is 5.10 Å². The van der Waals surface area contributed by atoms with E-state index < -0.39 is 0 Å². The van der Waals surface area contributed by atoms with E-state index in [1.165, 1.54) is 0 Å². The normalized spacial score (nSPS) is 13.4. The Morgan fingerprint density at radius 2 is 1.88 bits per heavy atom. The van der Waals surface area contributed by atoms with Gasteiger partial charge in [0.25, 0.3) is 0 Å². The number of hydrogen-bond acceptors (Lipinski definition) is 3. The summed E-state index contributed by atoms with van der Waals surface area (Å²) >= 11 is 5.26. The quantitative estimate of drug-likeness (QED) is 0.820. The van der Waals surface area contributed by atoms with E-state index in [4.69, 9.17) is 12.2 Å². The zero-order valence-electron chi connectivity index (χ0n) is 11.7. The van der Waals surface area contributed by atoms with Crippen LogP contribution in [0.4, 0.5) is 5.95 Å². The van der Waals surface area contributed by atoms with Crippen molar-refractivity contribution in [2.45, 2.75) is 53.1 Å². The molecule has 17 heavy (non-hydrogen) atoms. The molecule has 0 aliphatic carbocycles. The molecule has 98 valence electrons. The lowest BCUT2D eigenvalue weighted by molar-refractivity contribution is 0.488. The van der Waals surface area contributed by atoms with Gasteiger partial charge in [0, 0.05) is 19.1 Å². The predicted molar refractivity (Wildman–Crippen MR) is 75.1 cm³/mol. The van der Waals surface area contributed by atoms with Crippen LogP contribution >= 0.6 is 12.2 Å². The van der Waals surface area contributed by atoms with E-state index in [0.29, 0.717) is 22.8 Å². The fourth-order valence-electron chi connectivity index (χ4n) is 2.05. The summed E-state index contributed by atoms with van der Waals surface area (Å²) < 4.78 is 2.75. The van der Waals surface area contributed by atoms with Crippen molar-refractivity contribution in [1.29, 1.82) is 0 Å². The van der Waals surface area contributed by atoms with Gasteiger partial charge in [0.05, 0.1) is 0 Å². The smallest absolute Gasteiger partial charge is 0.225 e. The molecule has 1 atom stereocenters. The van der Waals surface area contributed by atoms with E-state index in [9.17, 15) is 0 Å². The Labute approximate surface area is 109 Å². The van der Waals surface area contributed by atoms with Gasteiger partial charge in [-0.2, -0.15) is 0 Å². The van der Waals surface area contributed by atoms with Gasteiger partial charge in [-0.1, -0.05) is 13.8 Å². The lowest BCUT2D eigenvalue weighted by Crippen LogP contribution is -2.32. The summed E-state index contributed by atoms with van der Waals surface area (Å²) in [4.78, 5) is 2.20. The third-order valence-corrected chi connectivity index (χ3v) is 3.28. The predicted octanol–water partition coefficient (Wildman–Crippen LogP) is 3.39. The van der Waals surface area contributed by atoms with E-state index in [2.05, 4.69) is 61.3 Å². The van der Waals surface area contributed by atoms with Gasteiger partial charge in [-0.25, -0.2) is 5.10 Å². The van der Waals surface area contributed by atoms with E-state index in [1.807, 2.05) is 0 Å². The molecule has 0 aliphatic heterocycles. The van der Waals surface area contributed by atoms with Crippen molar-refractivity contribution in [2.24, 2.45) is 5.92 Å². The molecular weight excluding hydrogens is 232 g/mol. The number of rotatable bonds is 5. The highest BCUT2D eigenvalue weighted by Gasteiger charge is 2.18. The number of aromatic amines is 1. The Hall–Kier alpha value is -0.840. The lowest BCUT2D eigenvalue weighted by atomic mass is 10.0. The van der Waals surface area contributed by atoms with Gasteiger partial charge >= 0.3 is 0 Å². The summed E-state index contributed by atoms with van der Waals surface area (Å²) in [5.74, 6) is 1.61.